The van der Waals surface area contributed by atoms with E-state index < -0.39 is 0 Å². The number of rotatable bonds is 2. The van der Waals surface area contributed by atoms with E-state index in [2.05, 4.69) is 45.5 Å². The van der Waals surface area contributed by atoms with Gasteiger partial charge in [0.2, 0.25) is 0 Å². The summed E-state index contributed by atoms with van der Waals surface area (Å²) in [6.07, 6.45) is 0. The van der Waals surface area contributed by atoms with E-state index in [4.69, 9.17) is 10.7 Å². The van der Waals surface area contributed by atoms with Crippen LogP contribution in [0.4, 0.5) is 11.6 Å². The van der Waals surface area contributed by atoms with Crippen molar-refractivity contribution < 1.29 is 0 Å². The number of piperazine rings is 1. The Morgan fingerprint density at radius 3 is 2.52 bits per heavy atom. The van der Waals surface area contributed by atoms with Crippen LogP contribution in [0.5, 0.6) is 0 Å². The lowest BCUT2D eigenvalue weighted by Gasteiger charge is -2.29. The number of nitrogens with two attached hydrogens (primary N) is 1. The Labute approximate surface area is 135 Å². The second kappa shape index (κ2) is 5.85. The molecular weight excluding hydrogens is 286 g/mol. The summed E-state index contributed by atoms with van der Waals surface area (Å²) in [7, 11) is 0. The van der Waals surface area contributed by atoms with Gasteiger partial charge in [0.05, 0.1) is 0 Å². The second-order valence-corrected chi connectivity index (χ2v) is 5.74. The lowest BCUT2D eigenvalue weighted by Crippen LogP contribution is -2.43. The van der Waals surface area contributed by atoms with Crippen LogP contribution >= 0.6 is 0 Å². The lowest BCUT2D eigenvalue weighted by molar-refractivity contribution is 0.585. The molecule has 0 atom stereocenters. The molecule has 0 bridgehead atoms. The van der Waals surface area contributed by atoms with Crippen LogP contribution in [0.25, 0.3) is 22.2 Å². The first kappa shape index (κ1) is 14.0. The minimum Gasteiger partial charge on any atom is -0.384 e. The third kappa shape index (κ3) is 2.71. The van der Waals surface area contributed by atoms with Gasteiger partial charge in [0.1, 0.15) is 11.6 Å². The van der Waals surface area contributed by atoms with Crippen molar-refractivity contribution in [3.63, 3.8) is 0 Å². The molecule has 0 amide bonds. The number of nitrogens with zero attached hydrogens (tertiary/aromatic N) is 3. The number of nitrogen functional groups attached to an aromatic ring is 1. The quantitative estimate of drug-likeness (QED) is 0.760. The highest BCUT2D eigenvalue weighted by Crippen LogP contribution is 2.31. The molecule has 3 heterocycles. The van der Waals surface area contributed by atoms with E-state index in [1.165, 1.54) is 5.56 Å². The Bertz CT molecular complexity index is 825. The number of hydrogen-bond acceptors (Lipinski definition) is 5. The zero-order valence-electron chi connectivity index (χ0n) is 12.9. The molecule has 2 aromatic heterocycles. The van der Waals surface area contributed by atoms with E-state index >= 15 is 0 Å². The number of hydrogen-bond donors (Lipinski definition) is 2. The summed E-state index contributed by atoms with van der Waals surface area (Å²) < 4.78 is 0. The first-order valence-corrected chi connectivity index (χ1v) is 7.89. The fraction of sp³-hybridized carbons (Fsp3) is 0.222. The minimum atomic E-state index is 0.501. The van der Waals surface area contributed by atoms with Crippen LogP contribution in [-0.4, -0.2) is 36.1 Å². The van der Waals surface area contributed by atoms with E-state index in [0.29, 0.717) is 11.5 Å². The molecule has 4 rings (SSSR count). The van der Waals surface area contributed by atoms with Gasteiger partial charge in [0.15, 0.2) is 5.65 Å². The predicted molar refractivity (Wildman–Crippen MR) is 94.5 cm³/mol. The van der Waals surface area contributed by atoms with E-state index in [1.54, 1.807) is 0 Å². The molecule has 1 saturated heterocycles. The Balaban J connectivity index is 1.91. The zero-order valence-corrected chi connectivity index (χ0v) is 12.9. The fourth-order valence-corrected chi connectivity index (χ4v) is 3.02. The van der Waals surface area contributed by atoms with E-state index in [0.717, 1.165) is 42.9 Å². The van der Waals surface area contributed by atoms with Crippen LogP contribution < -0.4 is 16.0 Å². The van der Waals surface area contributed by atoms with Gasteiger partial charge in [-0.15, -0.1) is 0 Å². The van der Waals surface area contributed by atoms with Crippen LogP contribution in [0.15, 0.2) is 48.5 Å². The van der Waals surface area contributed by atoms with Crippen LogP contribution in [-0.2, 0) is 0 Å². The van der Waals surface area contributed by atoms with Crippen molar-refractivity contribution in [1.82, 2.24) is 15.3 Å². The summed E-state index contributed by atoms with van der Waals surface area (Å²) in [5, 5.41) is 4.40. The third-order valence-corrected chi connectivity index (χ3v) is 4.21. The van der Waals surface area contributed by atoms with Gasteiger partial charge in [-0.2, -0.15) is 0 Å². The maximum Gasteiger partial charge on any atom is 0.164 e. The number of anilines is 2. The molecule has 0 aliphatic carbocycles. The van der Waals surface area contributed by atoms with Crippen molar-refractivity contribution in [2.24, 2.45) is 0 Å². The van der Waals surface area contributed by atoms with E-state index in [9.17, 15) is 0 Å². The van der Waals surface area contributed by atoms with Crippen LogP contribution in [0.2, 0.25) is 0 Å². The molecule has 0 saturated carbocycles. The highest BCUT2D eigenvalue weighted by molar-refractivity contribution is 5.95. The molecule has 23 heavy (non-hydrogen) atoms. The molecule has 116 valence electrons. The molecule has 0 radical (unpaired) electrons. The first-order chi connectivity index (χ1) is 11.3. The van der Waals surface area contributed by atoms with Crippen molar-refractivity contribution in [2.75, 3.05) is 36.8 Å². The van der Waals surface area contributed by atoms with Gasteiger partial charge in [-0.05, 0) is 29.3 Å². The zero-order chi connectivity index (χ0) is 15.6. The molecule has 1 aliphatic rings. The average molecular weight is 305 g/mol. The summed E-state index contributed by atoms with van der Waals surface area (Å²) >= 11 is 0. The van der Waals surface area contributed by atoms with Gasteiger partial charge < -0.3 is 16.0 Å². The highest BCUT2D eigenvalue weighted by Gasteiger charge is 2.15. The van der Waals surface area contributed by atoms with Gasteiger partial charge in [-0.25, -0.2) is 9.97 Å². The van der Waals surface area contributed by atoms with Crippen LogP contribution in [0.3, 0.4) is 0 Å². The van der Waals surface area contributed by atoms with E-state index in [1.807, 2.05) is 18.2 Å². The average Bonchev–Trinajstić information content (AvgIpc) is 2.62. The summed E-state index contributed by atoms with van der Waals surface area (Å²) in [4.78, 5) is 11.5. The Kier molecular flexibility index (Phi) is 3.55. The summed E-state index contributed by atoms with van der Waals surface area (Å²) in [6, 6.07) is 16.4. The van der Waals surface area contributed by atoms with Gasteiger partial charge in [-0.3, -0.25) is 0 Å². The smallest absolute Gasteiger partial charge is 0.164 e. The van der Waals surface area contributed by atoms with Crippen molar-refractivity contribution in [3.05, 3.63) is 48.5 Å². The van der Waals surface area contributed by atoms with Gasteiger partial charge in [-0.1, -0.05) is 30.3 Å². The van der Waals surface area contributed by atoms with Crippen molar-refractivity contribution >= 4 is 22.7 Å². The Morgan fingerprint density at radius 2 is 1.74 bits per heavy atom. The monoisotopic (exact) mass is 305 g/mol. The predicted octanol–water partition coefficient (Wildman–Crippen LogP) is 2.29. The molecule has 3 aromatic rings. The minimum absolute atomic E-state index is 0.501. The number of fused-ring (bicyclic) bond motifs is 1. The van der Waals surface area contributed by atoms with Crippen molar-refractivity contribution in [3.8, 4) is 11.1 Å². The van der Waals surface area contributed by atoms with Crippen molar-refractivity contribution in [1.29, 1.82) is 0 Å². The Hall–Kier alpha value is -2.66. The number of nitrogens with one attached hydrogen (secondary N) is 1. The molecule has 0 unspecified atom stereocenters. The SMILES string of the molecule is Nc1ccc2c(-c3ccccc3)cc(N3CCNCC3)nc2n1. The Morgan fingerprint density at radius 1 is 0.957 bits per heavy atom. The maximum absolute atomic E-state index is 5.87. The standard InChI is InChI=1S/C18H19N5/c19-16-7-6-14-15(13-4-2-1-3-5-13)12-17(22-18(14)21-16)23-10-8-20-9-11-23/h1-7,12,20H,8-11H2,(H2,19,21,22). The maximum atomic E-state index is 5.87. The molecule has 1 aliphatic heterocycles. The fourth-order valence-electron chi connectivity index (χ4n) is 3.02. The number of pyridine rings is 2. The van der Waals surface area contributed by atoms with Gasteiger partial charge in [0, 0.05) is 31.6 Å². The van der Waals surface area contributed by atoms with Gasteiger partial charge in [0.25, 0.3) is 0 Å². The highest BCUT2D eigenvalue weighted by atomic mass is 15.2. The van der Waals surface area contributed by atoms with Crippen molar-refractivity contribution in [2.45, 2.75) is 0 Å². The third-order valence-electron chi connectivity index (χ3n) is 4.21. The molecule has 5 nitrogen and oxygen atoms in total. The number of benzene rings is 1. The molecule has 3 N–H and O–H groups in total. The summed E-state index contributed by atoms with van der Waals surface area (Å²) in [5.41, 5.74) is 8.89. The lowest BCUT2D eigenvalue weighted by atomic mass is 10.0. The molecule has 1 aromatic carbocycles. The largest absolute Gasteiger partial charge is 0.384 e. The van der Waals surface area contributed by atoms with Crippen LogP contribution in [0, 0.1) is 0 Å². The summed E-state index contributed by atoms with van der Waals surface area (Å²) in [6.45, 7) is 3.86. The molecular formula is C18H19N5. The van der Waals surface area contributed by atoms with E-state index in [-0.39, 0.29) is 0 Å². The summed E-state index contributed by atoms with van der Waals surface area (Å²) in [5.74, 6) is 1.47. The van der Waals surface area contributed by atoms with Crippen LogP contribution in [0.1, 0.15) is 0 Å². The first-order valence-electron chi connectivity index (χ1n) is 7.89. The molecule has 0 spiro atoms. The molecule has 1 fully saturated rings. The topological polar surface area (TPSA) is 67.1 Å². The normalized spacial score (nSPS) is 15.0. The molecule has 5 heteroatoms. The van der Waals surface area contributed by atoms with Gasteiger partial charge >= 0.3 is 0 Å². The number of aromatic nitrogens is 2. The second-order valence-electron chi connectivity index (χ2n) is 5.74.